The zero-order valence-corrected chi connectivity index (χ0v) is 18.6. The van der Waals surface area contributed by atoms with Gasteiger partial charge in [0.05, 0.1) is 10.6 Å². The van der Waals surface area contributed by atoms with Crippen LogP contribution in [0.3, 0.4) is 0 Å². The van der Waals surface area contributed by atoms with E-state index < -0.39 is 11.3 Å². The average molecular weight is 478 g/mol. The summed E-state index contributed by atoms with van der Waals surface area (Å²) in [7, 11) is 1.43. The molecule has 10 heteroatoms. The molecule has 34 heavy (non-hydrogen) atoms. The molecule has 0 aromatic heterocycles. The van der Waals surface area contributed by atoms with Crippen molar-refractivity contribution in [1.29, 1.82) is 0 Å². The molecule has 0 N–H and O–H groups in total. The molecule has 1 aliphatic rings. The number of halogens is 3. The number of methoxy groups -OCH3 is 1. The van der Waals surface area contributed by atoms with Gasteiger partial charge in [0, 0.05) is 25.0 Å². The van der Waals surface area contributed by atoms with Crippen LogP contribution in [0.5, 0.6) is 11.5 Å². The summed E-state index contributed by atoms with van der Waals surface area (Å²) in [6, 6.07) is 10.5. The first kappa shape index (κ1) is 25.2. The van der Waals surface area contributed by atoms with E-state index in [1.165, 1.54) is 25.3 Å². The highest BCUT2D eigenvalue weighted by atomic mass is 19.4. The lowest BCUT2D eigenvalue weighted by Gasteiger charge is -2.15. The SMILES string of the molecule is COCOc1cc(/C2=C\CCCC(CCc3ccc(OC(F)(F)F)cc3)C=N2)ccc1[N+](=O)[O-]. The van der Waals surface area contributed by atoms with Crippen molar-refractivity contribution in [2.24, 2.45) is 10.9 Å². The predicted octanol–water partition coefficient (Wildman–Crippen LogP) is 6.32. The van der Waals surface area contributed by atoms with Crippen molar-refractivity contribution in [2.45, 2.75) is 38.5 Å². The largest absolute Gasteiger partial charge is 0.573 e. The molecule has 1 unspecified atom stereocenters. The maximum Gasteiger partial charge on any atom is 0.573 e. The number of aliphatic imine (C=N–C) groups is 1. The van der Waals surface area contributed by atoms with Crippen molar-refractivity contribution < 1.29 is 32.3 Å². The molecule has 1 heterocycles. The summed E-state index contributed by atoms with van der Waals surface area (Å²) in [6.45, 7) is -0.113. The van der Waals surface area contributed by atoms with Gasteiger partial charge in [-0.3, -0.25) is 15.1 Å². The number of hydrogen-bond acceptors (Lipinski definition) is 6. The number of nitro groups is 1. The highest BCUT2D eigenvalue weighted by Crippen LogP contribution is 2.32. The third kappa shape index (κ3) is 7.58. The fourth-order valence-corrected chi connectivity index (χ4v) is 3.62. The predicted molar refractivity (Wildman–Crippen MR) is 121 cm³/mol. The van der Waals surface area contributed by atoms with Gasteiger partial charge in [-0.15, -0.1) is 13.2 Å². The van der Waals surface area contributed by atoms with Crippen LogP contribution < -0.4 is 9.47 Å². The summed E-state index contributed by atoms with van der Waals surface area (Å²) >= 11 is 0. The van der Waals surface area contributed by atoms with Crippen molar-refractivity contribution in [3.8, 4) is 11.5 Å². The molecule has 0 saturated carbocycles. The van der Waals surface area contributed by atoms with Gasteiger partial charge in [0.25, 0.3) is 0 Å². The van der Waals surface area contributed by atoms with Crippen molar-refractivity contribution in [3.63, 3.8) is 0 Å². The minimum atomic E-state index is -4.71. The molecule has 3 rings (SSSR count). The number of benzene rings is 2. The fourth-order valence-electron chi connectivity index (χ4n) is 3.62. The van der Waals surface area contributed by atoms with E-state index in [1.54, 1.807) is 24.3 Å². The van der Waals surface area contributed by atoms with Crippen LogP contribution in [-0.4, -0.2) is 31.4 Å². The maximum atomic E-state index is 12.3. The quantitative estimate of drug-likeness (QED) is 0.239. The number of ether oxygens (including phenoxy) is 3. The van der Waals surface area contributed by atoms with Crippen LogP contribution in [0.1, 0.15) is 36.8 Å². The zero-order chi connectivity index (χ0) is 24.6. The third-order valence-corrected chi connectivity index (χ3v) is 5.29. The lowest BCUT2D eigenvalue weighted by molar-refractivity contribution is -0.386. The Labute approximate surface area is 195 Å². The number of allylic oxidation sites excluding steroid dienone is 1. The normalized spacial score (nSPS) is 17.9. The summed E-state index contributed by atoms with van der Waals surface area (Å²) in [5, 5.41) is 11.3. The highest BCUT2D eigenvalue weighted by Gasteiger charge is 2.31. The molecular weight excluding hydrogens is 453 g/mol. The Morgan fingerprint density at radius 2 is 1.94 bits per heavy atom. The van der Waals surface area contributed by atoms with Crippen LogP contribution in [0.4, 0.5) is 18.9 Å². The third-order valence-electron chi connectivity index (χ3n) is 5.29. The van der Waals surface area contributed by atoms with Crippen LogP contribution in [0, 0.1) is 16.0 Å². The van der Waals surface area contributed by atoms with Gasteiger partial charge in [0.15, 0.2) is 6.79 Å². The van der Waals surface area contributed by atoms with Crippen molar-refractivity contribution in [1.82, 2.24) is 0 Å². The second-order valence-electron chi connectivity index (χ2n) is 7.78. The van der Waals surface area contributed by atoms with Gasteiger partial charge in [-0.25, -0.2) is 0 Å². The summed E-state index contributed by atoms with van der Waals surface area (Å²) in [5.74, 6) is 0.0598. The van der Waals surface area contributed by atoms with Crippen molar-refractivity contribution >= 4 is 17.6 Å². The van der Waals surface area contributed by atoms with E-state index in [2.05, 4.69) is 9.73 Å². The molecule has 0 radical (unpaired) electrons. The first-order valence-electron chi connectivity index (χ1n) is 10.7. The molecule has 1 aliphatic heterocycles. The van der Waals surface area contributed by atoms with E-state index >= 15 is 0 Å². The molecule has 0 fully saturated rings. The number of hydrogen-bond donors (Lipinski definition) is 0. The average Bonchev–Trinajstić information content (AvgIpc) is 2.77. The molecule has 1 atom stereocenters. The summed E-state index contributed by atoms with van der Waals surface area (Å²) in [5.41, 5.74) is 2.17. The maximum absolute atomic E-state index is 12.3. The number of nitro benzene ring substituents is 1. The van der Waals surface area contributed by atoms with E-state index in [4.69, 9.17) is 9.47 Å². The van der Waals surface area contributed by atoms with Crippen LogP contribution >= 0.6 is 0 Å². The van der Waals surface area contributed by atoms with Crippen LogP contribution in [0.15, 0.2) is 53.5 Å². The minimum Gasteiger partial charge on any atom is -0.460 e. The Morgan fingerprint density at radius 1 is 1.18 bits per heavy atom. The Kier molecular flexibility index (Phi) is 8.64. The molecule has 0 aliphatic carbocycles. The van der Waals surface area contributed by atoms with Gasteiger partial charge >= 0.3 is 12.0 Å². The van der Waals surface area contributed by atoms with Crippen molar-refractivity contribution in [3.05, 3.63) is 69.8 Å². The van der Waals surface area contributed by atoms with E-state index in [0.29, 0.717) is 17.7 Å². The molecular formula is C24H25F3N2O5. The molecule has 0 spiro atoms. The molecule has 0 bridgehead atoms. The Morgan fingerprint density at radius 3 is 2.62 bits per heavy atom. The van der Waals surface area contributed by atoms with Crippen LogP contribution in [0.2, 0.25) is 0 Å². The molecule has 2 aromatic rings. The lowest BCUT2D eigenvalue weighted by Crippen LogP contribution is -2.17. The smallest absolute Gasteiger partial charge is 0.460 e. The van der Waals surface area contributed by atoms with Crippen LogP contribution in [0.25, 0.3) is 5.70 Å². The highest BCUT2D eigenvalue weighted by molar-refractivity contribution is 5.76. The molecule has 7 nitrogen and oxygen atoms in total. The van der Waals surface area contributed by atoms with Gasteiger partial charge in [0.1, 0.15) is 5.75 Å². The summed E-state index contributed by atoms with van der Waals surface area (Å²) < 4.78 is 51.1. The molecule has 0 amide bonds. The Bertz CT molecular complexity index is 1040. The number of alkyl halides is 3. The molecule has 182 valence electrons. The van der Waals surface area contributed by atoms with Gasteiger partial charge in [0.2, 0.25) is 5.75 Å². The van der Waals surface area contributed by atoms with Gasteiger partial charge in [-0.1, -0.05) is 18.2 Å². The van der Waals surface area contributed by atoms with Crippen LogP contribution in [-0.2, 0) is 11.2 Å². The summed E-state index contributed by atoms with van der Waals surface area (Å²) in [6.07, 6.45) is 3.33. The van der Waals surface area contributed by atoms with Gasteiger partial charge < -0.3 is 14.2 Å². The standard InChI is InChI=1S/C24H25F3N2O5/c1-32-16-33-23-14-19(10-13-22(23)29(30)31)21-5-3-2-4-18(15-28-21)7-6-17-8-11-20(12-9-17)34-24(25,26)27/h5,8-15,18H,2-4,6-7,16H2,1H3/b21-5+,28-15?. The Hall–Kier alpha value is -3.40. The van der Waals surface area contributed by atoms with Gasteiger partial charge in [-0.2, -0.15) is 0 Å². The Balaban J connectivity index is 1.66. The monoisotopic (exact) mass is 478 g/mol. The zero-order valence-electron chi connectivity index (χ0n) is 18.6. The first-order valence-corrected chi connectivity index (χ1v) is 10.7. The fraction of sp³-hybridized carbons (Fsp3) is 0.375. The number of rotatable bonds is 9. The van der Waals surface area contributed by atoms with E-state index in [1.807, 2.05) is 12.3 Å². The van der Waals surface area contributed by atoms with E-state index in [-0.39, 0.29) is 29.9 Å². The molecule has 0 saturated heterocycles. The van der Waals surface area contributed by atoms with E-state index in [9.17, 15) is 23.3 Å². The lowest BCUT2D eigenvalue weighted by atomic mass is 9.94. The first-order chi connectivity index (χ1) is 16.2. The van der Waals surface area contributed by atoms with Crippen molar-refractivity contribution in [2.75, 3.05) is 13.9 Å². The minimum absolute atomic E-state index is 0.108. The molecule has 2 aromatic carbocycles. The van der Waals surface area contributed by atoms with E-state index in [0.717, 1.165) is 31.2 Å². The number of nitrogens with zero attached hydrogens (tertiary/aromatic N) is 2. The summed E-state index contributed by atoms with van der Waals surface area (Å²) in [4.78, 5) is 15.4. The number of aryl methyl sites for hydroxylation is 1. The topological polar surface area (TPSA) is 83.2 Å². The second kappa shape index (κ2) is 11.6. The van der Waals surface area contributed by atoms with Gasteiger partial charge in [-0.05, 0) is 67.9 Å². The second-order valence-corrected chi connectivity index (χ2v) is 7.78.